The van der Waals surface area contributed by atoms with Gasteiger partial charge in [0, 0.05) is 36.7 Å². The molecular formula is C28H34ClF4N5O3. The van der Waals surface area contributed by atoms with E-state index in [4.69, 9.17) is 21.3 Å². The Hall–Kier alpha value is -2.63. The first-order valence-corrected chi connectivity index (χ1v) is 14.6. The summed E-state index contributed by atoms with van der Waals surface area (Å²) in [7, 11) is 0. The first-order valence-electron chi connectivity index (χ1n) is 14.2. The second-order valence-corrected chi connectivity index (χ2v) is 13.7. The van der Waals surface area contributed by atoms with E-state index in [1.807, 2.05) is 0 Å². The van der Waals surface area contributed by atoms with Gasteiger partial charge in [-0.3, -0.25) is 4.79 Å². The highest BCUT2D eigenvalue weighted by atomic mass is 35.5. The van der Waals surface area contributed by atoms with E-state index in [1.165, 1.54) is 4.52 Å². The van der Waals surface area contributed by atoms with Gasteiger partial charge in [0.25, 0.3) is 5.92 Å². The average molecular weight is 600 g/mol. The van der Waals surface area contributed by atoms with Gasteiger partial charge >= 0.3 is 6.09 Å². The number of halogens is 5. The number of amides is 2. The molecule has 2 aromatic rings. The molecule has 0 aliphatic heterocycles. The number of ether oxygens (including phenoxy) is 1. The standard InChI is InChI=1S/C28H34ClF4N5O3/c1-26(2,3)41-25(40)36-23(15-7-17-18(8-15)28(17,32)33)19-12-38-20(34-19)9-16(24(29)37-38)22(14-4-5-14)35-21(39)6-13-10-27(30,31)11-13/h9,12-15,17-18,22-23H,4-8,10-11H2,1-3H3,(H,35,39)(H,36,40)/t15-,17-,18+,22-,23+/m1/s1. The van der Waals surface area contributed by atoms with Crippen molar-refractivity contribution >= 4 is 29.2 Å². The van der Waals surface area contributed by atoms with E-state index < -0.39 is 47.5 Å². The van der Waals surface area contributed by atoms with Crippen LogP contribution in [-0.2, 0) is 9.53 Å². The number of nitrogens with one attached hydrogen (secondary N) is 2. The topological polar surface area (TPSA) is 97.6 Å². The van der Waals surface area contributed by atoms with Gasteiger partial charge in [0.05, 0.1) is 24.0 Å². The summed E-state index contributed by atoms with van der Waals surface area (Å²) in [5.41, 5.74) is 0.695. The molecule has 4 aliphatic carbocycles. The highest BCUT2D eigenvalue weighted by Crippen LogP contribution is 2.67. The van der Waals surface area contributed by atoms with Gasteiger partial charge in [-0.25, -0.2) is 31.9 Å². The molecule has 0 unspecified atom stereocenters. The number of imidazole rings is 1. The van der Waals surface area contributed by atoms with Crippen molar-refractivity contribution < 1.29 is 31.9 Å². The van der Waals surface area contributed by atoms with Gasteiger partial charge in [0.2, 0.25) is 11.8 Å². The number of hydrogen-bond acceptors (Lipinski definition) is 5. The first-order chi connectivity index (χ1) is 19.1. The lowest BCUT2D eigenvalue weighted by atomic mass is 9.79. The van der Waals surface area contributed by atoms with Crippen molar-refractivity contribution in [2.24, 2.45) is 29.6 Å². The van der Waals surface area contributed by atoms with Gasteiger partial charge in [0.1, 0.15) is 5.60 Å². The van der Waals surface area contributed by atoms with Crippen LogP contribution in [0, 0.1) is 29.6 Å². The van der Waals surface area contributed by atoms with Crippen molar-refractivity contribution in [2.45, 2.75) is 95.2 Å². The molecular weight excluding hydrogens is 566 g/mol. The van der Waals surface area contributed by atoms with E-state index in [2.05, 4.69) is 15.7 Å². The van der Waals surface area contributed by atoms with E-state index in [9.17, 15) is 27.2 Å². The predicted molar refractivity (Wildman–Crippen MR) is 141 cm³/mol. The Morgan fingerprint density at radius 2 is 1.76 bits per heavy atom. The number of carbonyl (C=O) groups excluding carboxylic acids is 2. The number of rotatable bonds is 8. The summed E-state index contributed by atoms with van der Waals surface area (Å²) in [6, 6.07) is 0.620. The van der Waals surface area contributed by atoms with Crippen molar-refractivity contribution in [3.05, 3.63) is 28.7 Å². The van der Waals surface area contributed by atoms with Crippen molar-refractivity contribution in [2.75, 3.05) is 0 Å². The largest absolute Gasteiger partial charge is 0.444 e. The molecule has 2 heterocycles. The zero-order chi connectivity index (χ0) is 29.5. The molecule has 4 fully saturated rings. The minimum Gasteiger partial charge on any atom is -0.444 e. The van der Waals surface area contributed by atoms with E-state index >= 15 is 0 Å². The molecule has 4 aliphatic rings. The molecule has 0 saturated heterocycles. The summed E-state index contributed by atoms with van der Waals surface area (Å²) in [5, 5.41) is 10.4. The molecule has 6 rings (SSSR count). The van der Waals surface area contributed by atoms with Crippen LogP contribution < -0.4 is 10.6 Å². The van der Waals surface area contributed by atoms with Crippen LogP contribution in [-0.4, -0.2) is 44.0 Å². The van der Waals surface area contributed by atoms with Gasteiger partial charge in [-0.1, -0.05) is 11.6 Å². The quantitative estimate of drug-likeness (QED) is 0.350. The average Bonchev–Trinajstić information content (AvgIpc) is 3.60. The Morgan fingerprint density at radius 3 is 2.34 bits per heavy atom. The minimum absolute atomic E-state index is 0.0278. The Balaban J connectivity index is 1.23. The lowest BCUT2D eigenvalue weighted by molar-refractivity contribution is -0.134. The van der Waals surface area contributed by atoms with Crippen LogP contribution in [0.3, 0.4) is 0 Å². The summed E-state index contributed by atoms with van der Waals surface area (Å²) in [6.07, 6.45) is 2.70. The Kier molecular flexibility index (Phi) is 6.74. The lowest BCUT2D eigenvalue weighted by Crippen LogP contribution is -2.39. The third-order valence-corrected chi connectivity index (χ3v) is 9.08. The van der Waals surface area contributed by atoms with Crippen LogP contribution in [0.4, 0.5) is 22.4 Å². The van der Waals surface area contributed by atoms with E-state index in [0.29, 0.717) is 16.9 Å². The third kappa shape index (κ3) is 5.85. The number of carbonyl (C=O) groups is 2. The fourth-order valence-electron chi connectivity index (χ4n) is 6.60. The maximum atomic E-state index is 14.0. The van der Waals surface area contributed by atoms with E-state index in [-0.39, 0.29) is 60.9 Å². The monoisotopic (exact) mass is 599 g/mol. The number of hydrogen-bond donors (Lipinski definition) is 2. The molecule has 0 spiro atoms. The normalized spacial score (nSPS) is 28.0. The number of nitrogens with zero attached hydrogens (tertiary/aromatic N) is 3. The number of fused-ring (bicyclic) bond motifs is 2. The molecule has 8 nitrogen and oxygen atoms in total. The second kappa shape index (κ2) is 9.70. The van der Waals surface area contributed by atoms with Crippen LogP contribution in [0.5, 0.6) is 0 Å². The van der Waals surface area contributed by atoms with Gasteiger partial charge in [-0.2, -0.15) is 5.10 Å². The first kappa shape index (κ1) is 28.5. The van der Waals surface area contributed by atoms with Crippen LogP contribution in [0.2, 0.25) is 5.15 Å². The zero-order valence-electron chi connectivity index (χ0n) is 23.1. The fraction of sp³-hybridized carbons (Fsp3) is 0.714. The Morgan fingerprint density at radius 1 is 1.10 bits per heavy atom. The lowest BCUT2D eigenvalue weighted by Gasteiger charge is -2.34. The van der Waals surface area contributed by atoms with Crippen LogP contribution in [0.1, 0.15) is 89.1 Å². The Labute approximate surface area is 239 Å². The van der Waals surface area contributed by atoms with Crippen molar-refractivity contribution in [3.8, 4) is 0 Å². The van der Waals surface area contributed by atoms with E-state index in [1.54, 1.807) is 33.0 Å². The SMILES string of the molecule is CC(C)(C)OC(=O)N[C@H](c1cn2nc(Cl)c([C@H](NC(=O)CC3CC(F)(F)C3)C3CC3)cc2n1)[C@@H]1C[C@@H]2[C@H](C1)C2(F)F. The van der Waals surface area contributed by atoms with Crippen LogP contribution in [0.15, 0.2) is 12.3 Å². The molecule has 4 saturated carbocycles. The van der Waals surface area contributed by atoms with Crippen molar-refractivity contribution in [1.82, 2.24) is 25.2 Å². The molecule has 0 aromatic carbocycles. The maximum absolute atomic E-state index is 14.0. The molecule has 5 atom stereocenters. The zero-order valence-corrected chi connectivity index (χ0v) is 23.9. The molecule has 0 radical (unpaired) electrons. The van der Waals surface area contributed by atoms with E-state index in [0.717, 1.165) is 12.8 Å². The second-order valence-electron chi connectivity index (χ2n) is 13.3. The Bertz CT molecular complexity index is 1350. The van der Waals surface area contributed by atoms with Gasteiger partial charge in [-0.15, -0.1) is 0 Å². The summed E-state index contributed by atoms with van der Waals surface area (Å²) in [6.45, 7) is 5.21. The summed E-state index contributed by atoms with van der Waals surface area (Å²) < 4.78 is 61.3. The summed E-state index contributed by atoms with van der Waals surface area (Å²) in [4.78, 5) is 30.1. The highest BCUT2D eigenvalue weighted by molar-refractivity contribution is 6.30. The number of alkyl carbamates (subject to hydrolysis) is 1. The van der Waals surface area contributed by atoms with Gasteiger partial charge < -0.3 is 15.4 Å². The van der Waals surface area contributed by atoms with Gasteiger partial charge in [0.15, 0.2) is 10.8 Å². The molecule has 41 heavy (non-hydrogen) atoms. The predicted octanol–water partition coefficient (Wildman–Crippen LogP) is 6.24. The number of alkyl halides is 4. The fourth-order valence-corrected chi connectivity index (χ4v) is 6.85. The summed E-state index contributed by atoms with van der Waals surface area (Å²) in [5.74, 6) is -7.49. The number of aromatic nitrogens is 3. The maximum Gasteiger partial charge on any atom is 0.408 e. The van der Waals surface area contributed by atoms with Crippen LogP contribution >= 0.6 is 11.6 Å². The summed E-state index contributed by atoms with van der Waals surface area (Å²) >= 11 is 6.58. The molecule has 2 aromatic heterocycles. The molecule has 13 heteroatoms. The minimum atomic E-state index is -2.69. The van der Waals surface area contributed by atoms with Crippen molar-refractivity contribution in [1.29, 1.82) is 0 Å². The smallest absolute Gasteiger partial charge is 0.408 e. The molecule has 2 amide bonds. The molecule has 224 valence electrons. The van der Waals surface area contributed by atoms with Crippen molar-refractivity contribution in [3.63, 3.8) is 0 Å². The van der Waals surface area contributed by atoms with Gasteiger partial charge in [-0.05, 0) is 70.3 Å². The highest BCUT2D eigenvalue weighted by Gasteiger charge is 2.72. The molecule has 2 N–H and O–H groups in total. The van der Waals surface area contributed by atoms with Crippen LogP contribution in [0.25, 0.3) is 5.65 Å². The molecule has 0 bridgehead atoms. The third-order valence-electron chi connectivity index (χ3n) is 8.79.